The zero-order valence-corrected chi connectivity index (χ0v) is 34.3. The van der Waals surface area contributed by atoms with Gasteiger partial charge in [-0.25, -0.2) is 19.4 Å². The predicted molar refractivity (Wildman–Crippen MR) is 210 cm³/mol. The van der Waals surface area contributed by atoms with Gasteiger partial charge in [-0.3, -0.25) is 14.4 Å². The number of fused-ring (bicyclic) bond motifs is 5. The lowest BCUT2D eigenvalue weighted by molar-refractivity contribution is -0.189. The summed E-state index contributed by atoms with van der Waals surface area (Å²) in [6.07, 6.45) is 4.85. The van der Waals surface area contributed by atoms with Crippen molar-refractivity contribution in [2.75, 3.05) is 0 Å². The molecular formula is C43H55N3O11. The minimum Gasteiger partial charge on any atom is -0.458 e. The van der Waals surface area contributed by atoms with E-state index in [0.717, 1.165) is 44.1 Å². The Hall–Kier alpha value is -5.27. The normalized spacial score (nSPS) is 16.5. The second-order valence-electron chi connectivity index (χ2n) is 16.7. The van der Waals surface area contributed by atoms with Crippen LogP contribution in [-0.2, 0) is 56.9 Å². The topological polar surface area (TPSA) is 178 Å². The first-order valence-corrected chi connectivity index (χ1v) is 19.9. The van der Waals surface area contributed by atoms with Crippen molar-refractivity contribution in [1.29, 1.82) is 0 Å². The van der Waals surface area contributed by atoms with Crippen LogP contribution in [0.3, 0.4) is 0 Å². The number of nitrogens with zero attached hydrogens (tertiary/aromatic N) is 2. The number of unbranched alkanes of at least 4 members (excludes halogenated alkanes) is 5. The molecule has 2 aliphatic heterocycles. The summed E-state index contributed by atoms with van der Waals surface area (Å²) in [5.41, 5.74) is -1.23. The van der Waals surface area contributed by atoms with E-state index >= 15 is 0 Å². The van der Waals surface area contributed by atoms with Gasteiger partial charge in [-0.15, -0.1) is 0 Å². The molecule has 14 nitrogen and oxygen atoms in total. The van der Waals surface area contributed by atoms with Crippen molar-refractivity contribution >= 4 is 40.9 Å². The van der Waals surface area contributed by atoms with Gasteiger partial charge in [-0.1, -0.05) is 52.4 Å². The van der Waals surface area contributed by atoms with Gasteiger partial charge in [0.1, 0.15) is 29.6 Å². The minimum atomic E-state index is -1.94. The Morgan fingerprint density at radius 3 is 2.30 bits per heavy atom. The van der Waals surface area contributed by atoms with Crippen molar-refractivity contribution in [2.45, 2.75) is 156 Å². The van der Waals surface area contributed by atoms with Crippen LogP contribution in [0.5, 0.6) is 5.75 Å². The zero-order valence-electron chi connectivity index (χ0n) is 34.3. The molecule has 2 aliphatic rings. The lowest BCUT2D eigenvalue weighted by Crippen LogP contribution is -2.47. The Kier molecular flexibility index (Phi) is 13.1. The van der Waals surface area contributed by atoms with E-state index in [1.165, 1.54) is 4.57 Å². The van der Waals surface area contributed by atoms with Gasteiger partial charge in [0.2, 0.25) is 11.5 Å². The molecule has 2 atom stereocenters. The summed E-state index contributed by atoms with van der Waals surface area (Å²) in [5, 5.41) is 3.40. The summed E-state index contributed by atoms with van der Waals surface area (Å²) in [6.45, 7) is 14.1. The third-order valence-corrected chi connectivity index (χ3v) is 9.75. The number of ether oxygens (including phenoxy) is 5. The molecule has 5 rings (SSSR count). The number of nitrogens with one attached hydrogen (secondary N) is 1. The van der Waals surface area contributed by atoms with Crippen LogP contribution in [-0.4, -0.2) is 56.8 Å². The second-order valence-corrected chi connectivity index (χ2v) is 16.7. The number of carbonyl (C=O) groups is 5. The van der Waals surface area contributed by atoms with Crippen LogP contribution in [0.25, 0.3) is 22.3 Å². The number of hydrogen-bond acceptors (Lipinski definition) is 12. The molecule has 3 aromatic rings. The molecule has 0 aliphatic carbocycles. The molecule has 2 aromatic heterocycles. The fourth-order valence-corrected chi connectivity index (χ4v) is 7.03. The summed E-state index contributed by atoms with van der Waals surface area (Å²) in [7, 11) is 0. The molecule has 1 amide bonds. The van der Waals surface area contributed by atoms with Crippen molar-refractivity contribution in [3.63, 3.8) is 0 Å². The van der Waals surface area contributed by atoms with E-state index in [1.807, 2.05) is 6.07 Å². The van der Waals surface area contributed by atoms with Crippen LogP contribution in [0, 0.1) is 0 Å². The van der Waals surface area contributed by atoms with Gasteiger partial charge in [-0.05, 0) is 84.7 Å². The molecule has 14 heteroatoms. The van der Waals surface area contributed by atoms with Gasteiger partial charge >= 0.3 is 24.1 Å². The highest BCUT2D eigenvalue weighted by molar-refractivity contribution is 5.90. The van der Waals surface area contributed by atoms with E-state index in [0.29, 0.717) is 28.7 Å². The molecule has 0 radical (unpaired) electrons. The Balaban J connectivity index is 1.33. The van der Waals surface area contributed by atoms with Crippen LogP contribution in [0.2, 0.25) is 0 Å². The van der Waals surface area contributed by atoms with E-state index in [2.05, 4.69) is 12.2 Å². The summed E-state index contributed by atoms with van der Waals surface area (Å²) in [4.78, 5) is 84.1. The van der Waals surface area contributed by atoms with E-state index < -0.39 is 64.8 Å². The Bertz CT molecular complexity index is 2090. The largest absolute Gasteiger partial charge is 0.514 e. The maximum atomic E-state index is 14.0. The monoisotopic (exact) mass is 789 g/mol. The first-order chi connectivity index (χ1) is 26.8. The average Bonchev–Trinajstić information content (AvgIpc) is 3.48. The van der Waals surface area contributed by atoms with Gasteiger partial charge in [0.05, 0.1) is 35.4 Å². The zero-order chi connectivity index (χ0) is 41.7. The van der Waals surface area contributed by atoms with Crippen molar-refractivity contribution < 1.29 is 47.7 Å². The molecule has 308 valence electrons. The molecule has 4 heterocycles. The number of rotatable bonds is 15. The number of carbonyl (C=O) groups excluding carboxylic acids is 5. The molecule has 0 fully saturated rings. The summed E-state index contributed by atoms with van der Waals surface area (Å²) < 4.78 is 29.1. The number of cyclic esters (lactones) is 1. The van der Waals surface area contributed by atoms with Crippen LogP contribution in [0.4, 0.5) is 4.79 Å². The van der Waals surface area contributed by atoms with Crippen molar-refractivity contribution in [3.8, 4) is 17.1 Å². The number of amides is 1. The van der Waals surface area contributed by atoms with Gasteiger partial charge in [0, 0.05) is 22.9 Å². The molecular weight excluding hydrogens is 734 g/mol. The molecule has 0 spiro atoms. The number of esters is 3. The Labute approximate surface area is 332 Å². The molecule has 1 N–H and O–H groups in total. The summed E-state index contributed by atoms with van der Waals surface area (Å²) in [5.74, 6) is -2.50. The summed E-state index contributed by atoms with van der Waals surface area (Å²) >= 11 is 0. The number of aromatic nitrogens is 2. The predicted octanol–water partition coefficient (Wildman–Crippen LogP) is 7.30. The van der Waals surface area contributed by atoms with Crippen molar-refractivity contribution in [3.05, 3.63) is 57.4 Å². The molecule has 0 saturated heterocycles. The van der Waals surface area contributed by atoms with Gasteiger partial charge < -0.3 is 33.6 Å². The van der Waals surface area contributed by atoms with Crippen LogP contribution in [0.1, 0.15) is 136 Å². The van der Waals surface area contributed by atoms with Gasteiger partial charge in [0.15, 0.2) is 0 Å². The van der Waals surface area contributed by atoms with Crippen LogP contribution < -0.4 is 15.6 Å². The average molecular weight is 790 g/mol. The standard InChI is InChI=1S/C43H55N3O11/c1-9-11-12-13-14-15-16-32(38(50)56-41(3,4)5)44-34(47)19-20-35(48)55-43(10-2)30-23-33-36-27(24-46(33)37(49)29(30)25-53-39(43)51)21-26-22-28(17-18-31(26)45-36)54-40(52)57-42(6,7)8/h17-18,21-23,32H,9-16,19-20,24-25H2,1-8H3,(H,44,47)/t32?,43-/m0/s1. The minimum absolute atomic E-state index is 0.0446. The third kappa shape index (κ3) is 10.4. The van der Waals surface area contributed by atoms with E-state index in [1.54, 1.807) is 72.7 Å². The summed E-state index contributed by atoms with van der Waals surface area (Å²) in [6, 6.07) is 7.56. The highest BCUT2D eigenvalue weighted by Crippen LogP contribution is 2.41. The van der Waals surface area contributed by atoms with Gasteiger partial charge in [-0.2, -0.15) is 0 Å². The lowest BCUT2D eigenvalue weighted by Gasteiger charge is -2.35. The smallest absolute Gasteiger partial charge is 0.458 e. The molecule has 1 unspecified atom stereocenters. The molecule has 0 bridgehead atoms. The van der Waals surface area contributed by atoms with Crippen LogP contribution in [0.15, 0.2) is 35.1 Å². The lowest BCUT2D eigenvalue weighted by atomic mass is 9.85. The Morgan fingerprint density at radius 2 is 1.61 bits per heavy atom. The maximum absolute atomic E-state index is 14.0. The maximum Gasteiger partial charge on any atom is 0.514 e. The van der Waals surface area contributed by atoms with Crippen LogP contribution >= 0.6 is 0 Å². The van der Waals surface area contributed by atoms with Crippen molar-refractivity contribution in [1.82, 2.24) is 14.9 Å². The number of pyridine rings is 2. The molecule has 57 heavy (non-hydrogen) atoms. The molecule has 0 saturated carbocycles. The second kappa shape index (κ2) is 17.5. The van der Waals surface area contributed by atoms with Gasteiger partial charge in [0.25, 0.3) is 5.56 Å². The van der Waals surface area contributed by atoms with E-state index in [4.69, 9.17) is 28.7 Å². The fourth-order valence-electron chi connectivity index (χ4n) is 7.03. The Morgan fingerprint density at radius 1 is 0.912 bits per heavy atom. The number of hydrogen-bond donors (Lipinski definition) is 1. The third-order valence-electron chi connectivity index (χ3n) is 9.75. The van der Waals surface area contributed by atoms with Crippen molar-refractivity contribution in [2.24, 2.45) is 0 Å². The fraction of sp³-hybridized carbons (Fsp3) is 0.558. The first-order valence-electron chi connectivity index (χ1n) is 19.9. The SMILES string of the molecule is CCCCCCCCC(NC(=O)CCC(=O)O[C@]1(CC)C(=O)OCc2c1cc1n(c2=O)Cc2cc3cc(OC(=O)OC(C)(C)C)ccc3nc2-1)C(=O)OC(C)(C)C. The molecule has 1 aromatic carbocycles. The highest BCUT2D eigenvalue weighted by Gasteiger charge is 2.50. The van der Waals surface area contributed by atoms with E-state index in [9.17, 15) is 28.8 Å². The quantitative estimate of drug-likeness (QED) is 0.0551. The highest BCUT2D eigenvalue weighted by atomic mass is 16.7. The number of benzene rings is 1. The van der Waals surface area contributed by atoms with E-state index in [-0.39, 0.29) is 42.9 Å². The first kappa shape index (κ1) is 42.9.